The summed E-state index contributed by atoms with van der Waals surface area (Å²) < 4.78 is 1.43. The number of aryl methyl sites for hydroxylation is 1. The Morgan fingerprint density at radius 3 is 2.57 bits per heavy atom. The molecular formula is C5H7BS. The summed E-state index contributed by atoms with van der Waals surface area (Å²) >= 11 is 1.80. The van der Waals surface area contributed by atoms with E-state index in [2.05, 4.69) is 26.2 Å². The molecule has 2 heteroatoms. The van der Waals surface area contributed by atoms with Gasteiger partial charge in [0.2, 0.25) is 0 Å². The van der Waals surface area contributed by atoms with E-state index >= 15 is 0 Å². The fourth-order valence-electron chi connectivity index (χ4n) is 0.448. The molecule has 0 aromatic carbocycles. The van der Waals surface area contributed by atoms with Gasteiger partial charge in [-0.05, 0) is 28.7 Å². The maximum atomic E-state index is 2.14. The zero-order valence-electron chi connectivity index (χ0n) is 4.56. The van der Waals surface area contributed by atoms with E-state index in [9.17, 15) is 0 Å². The van der Waals surface area contributed by atoms with Gasteiger partial charge in [0.15, 0.2) is 7.85 Å². The second-order valence-electron chi connectivity index (χ2n) is 1.66. The van der Waals surface area contributed by atoms with Crippen LogP contribution in [-0.2, 0) is 0 Å². The van der Waals surface area contributed by atoms with Crippen LogP contribution in [0.15, 0.2) is 11.4 Å². The molecule has 1 heterocycles. The Kier molecular flexibility index (Phi) is 1.20. The second-order valence-corrected chi connectivity index (χ2v) is 2.78. The lowest BCUT2D eigenvalue weighted by Gasteiger charge is -1.79. The number of rotatable bonds is 0. The molecule has 1 rings (SSSR count). The highest BCUT2D eigenvalue weighted by Crippen LogP contribution is 1.97. The first-order valence-electron chi connectivity index (χ1n) is 2.31. The van der Waals surface area contributed by atoms with Gasteiger partial charge in [0, 0.05) is 0 Å². The zero-order chi connectivity index (χ0) is 5.28. The van der Waals surface area contributed by atoms with Crippen molar-refractivity contribution in [2.24, 2.45) is 0 Å². The average Bonchev–Trinajstić information content (AvgIpc) is 1.91. The standard InChI is InChI=1S/C5H7BS/c1-4-2-3-7-5(4)6/h2-3H,6H2,1H3. The third-order valence-electron chi connectivity index (χ3n) is 1.12. The Morgan fingerprint density at radius 2 is 2.43 bits per heavy atom. The van der Waals surface area contributed by atoms with Crippen molar-refractivity contribution in [3.8, 4) is 0 Å². The number of hydrogen-bond acceptors (Lipinski definition) is 1. The Balaban J connectivity index is 3.12. The first kappa shape index (κ1) is 4.91. The molecule has 0 bridgehead atoms. The van der Waals surface area contributed by atoms with Gasteiger partial charge in [-0.25, -0.2) is 0 Å². The molecule has 0 fully saturated rings. The molecule has 0 atom stereocenters. The summed E-state index contributed by atoms with van der Waals surface area (Å²) in [6.07, 6.45) is 0. The summed E-state index contributed by atoms with van der Waals surface area (Å²) in [6.45, 7) is 2.13. The third-order valence-corrected chi connectivity index (χ3v) is 2.07. The Bertz CT molecular complexity index is 140. The van der Waals surface area contributed by atoms with E-state index < -0.39 is 0 Å². The fraction of sp³-hybridized carbons (Fsp3) is 0.200. The summed E-state index contributed by atoms with van der Waals surface area (Å²) in [6, 6.07) is 2.14. The highest BCUT2D eigenvalue weighted by atomic mass is 32.1. The van der Waals surface area contributed by atoms with Gasteiger partial charge in [-0.15, -0.1) is 0 Å². The summed E-state index contributed by atoms with van der Waals surface area (Å²) in [4.78, 5) is 0. The molecule has 1 aromatic heterocycles. The molecule has 0 amide bonds. The molecule has 0 nitrogen and oxygen atoms in total. The van der Waals surface area contributed by atoms with Crippen molar-refractivity contribution in [2.75, 3.05) is 0 Å². The van der Waals surface area contributed by atoms with Crippen LogP contribution >= 0.6 is 11.3 Å². The lowest BCUT2D eigenvalue weighted by atomic mass is 10.0. The van der Waals surface area contributed by atoms with Crippen LogP contribution in [-0.4, -0.2) is 7.85 Å². The van der Waals surface area contributed by atoms with Gasteiger partial charge in [-0.1, -0.05) is 0 Å². The predicted octanol–water partition coefficient (Wildman–Crippen LogP) is 0.315. The normalized spacial score (nSPS) is 9.29. The van der Waals surface area contributed by atoms with E-state index in [1.807, 2.05) is 0 Å². The molecule has 0 spiro atoms. The maximum Gasteiger partial charge on any atom is 0.152 e. The van der Waals surface area contributed by atoms with Crippen LogP contribution in [0, 0.1) is 6.92 Å². The van der Waals surface area contributed by atoms with Gasteiger partial charge in [0.1, 0.15) is 0 Å². The molecule has 0 aliphatic rings. The minimum atomic E-state index is 1.41. The molecule has 0 radical (unpaired) electrons. The fourth-order valence-corrected chi connectivity index (χ4v) is 1.18. The van der Waals surface area contributed by atoms with Gasteiger partial charge in [0.25, 0.3) is 0 Å². The van der Waals surface area contributed by atoms with Crippen LogP contribution in [0.25, 0.3) is 0 Å². The van der Waals surface area contributed by atoms with Crippen LogP contribution in [0.5, 0.6) is 0 Å². The molecule has 0 N–H and O–H groups in total. The SMILES string of the molecule is Bc1sccc1C. The van der Waals surface area contributed by atoms with Gasteiger partial charge in [-0.2, -0.15) is 11.3 Å². The van der Waals surface area contributed by atoms with Gasteiger partial charge >= 0.3 is 0 Å². The molecule has 0 aliphatic carbocycles. The Hall–Kier alpha value is -0.235. The molecular weight excluding hydrogens is 103 g/mol. The second kappa shape index (κ2) is 1.70. The van der Waals surface area contributed by atoms with Crippen molar-refractivity contribution >= 4 is 24.0 Å². The Labute approximate surface area is 48.6 Å². The highest BCUT2D eigenvalue weighted by molar-refractivity contribution is 7.18. The van der Waals surface area contributed by atoms with E-state index in [1.54, 1.807) is 11.3 Å². The minimum Gasteiger partial charge on any atom is -0.159 e. The lowest BCUT2D eigenvalue weighted by Crippen LogP contribution is -1.96. The summed E-state index contributed by atoms with van der Waals surface area (Å²) in [5, 5.41) is 2.12. The van der Waals surface area contributed by atoms with Crippen molar-refractivity contribution in [1.29, 1.82) is 0 Å². The van der Waals surface area contributed by atoms with E-state index in [0.29, 0.717) is 0 Å². The van der Waals surface area contributed by atoms with Crippen LogP contribution in [0.3, 0.4) is 0 Å². The van der Waals surface area contributed by atoms with Gasteiger partial charge in [0.05, 0.1) is 0 Å². The quantitative estimate of drug-likeness (QED) is 0.422. The highest BCUT2D eigenvalue weighted by Gasteiger charge is 1.87. The number of hydrogen-bond donors (Lipinski definition) is 0. The van der Waals surface area contributed by atoms with E-state index in [0.717, 1.165) is 0 Å². The van der Waals surface area contributed by atoms with E-state index in [4.69, 9.17) is 0 Å². The zero-order valence-corrected chi connectivity index (χ0v) is 5.38. The van der Waals surface area contributed by atoms with Crippen molar-refractivity contribution in [3.63, 3.8) is 0 Å². The molecule has 36 valence electrons. The van der Waals surface area contributed by atoms with E-state index in [-0.39, 0.29) is 0 Å². The van der Waals surface area contributed by atoms with Gasteiger partial charge < -0.3 is 0 Å². The Morgan fingerprint density at radius 1 is 1.71 bits per heavy atom. The topological polar surface area (TPSA) is 0 Å². The third kappa shape index (κ3) is 0.857. The first-order valence-corrected chi connectivity index (χ1v) is 3.19. The largest absolute Gasteiger partial charge is 0.159 e. The molecule has 0 unspecified atom stereocenters. The summed E-state index contributed by atoms with van der Waals surface area (Å²) in [5.41, 5.74) is 1.41. The molecule has 0 aliphatic heterocycles. The summed E-state index contributed by atoms with van der Waals surface area (Å²) in [7, 11) is 2.14. The van der Waals surface area contributed by atoms with Crippen molar-refractivity contribution in [3.05, 3.63) is 17.0 Å². The smallest absolute Gasteiger partial charge is 0.152 e. The van der Waals surface area contributed by atoms with Crippen LogP contribution in [0.4, 0.5) is 0 Å². The minimum absolute atomic E-state index is 1.41. The monoisotopic (exact) mass is 110 g/mol. The van der Waals surface area contributed by atoms with Crippen LogP contribution < -0.4 is 4.78 Å². The average molecular weight is 110 g/mol. The molecule has 7 heavy (non-hydrogen) atoms. The van der Waals surface area contributed by atoms with Crippen LogP contribution in [0.2, 0.25) is 0 Å². The molecule has 0 saturated heterocycles. The van der Waals surface area contributed by atoms with Crippen molar-refractivity contribution in [2.45, 2.75) is 6.92 Å². The predicted molar refractivity (Wildman–Crippen MR) is 37.2 cm³/mol. The lowest BCUT2D eigenvalue weighted by molar-refractivity contribution is 1.59. The molecule has 0 saturated carbocycles. The maximum absolute atomic E-state index is 2.14. The summed E-state index contributed by atoms with van der Waals surface area (Å²) in [5.74, 6) is 0. The van der Waals surface area contributed by atoms with Gasteiger partial charge in [-0.3, -0.25) is 0 Å². The van der Waals surface area contributed by atoms with Crippen molar-refractivity contribution in [1.82, 2.24) is 0 Å². The number of thiophene rings is 1. The molecule has 1 aromatic rings. The van der Waals surface area contributed by atoms with Crippen LogP contribution in [0.1, 0.15) is 5.56 Å². The van der Waals surface area contributed by atoms with Crippen molar-refractivity contribution < 1.29 is 0 Å². The van der Waals surface area contributed by atoms with E-state index in [1.165, 1.54) is 10.3 Å². The first-order chi connectivity index (χ1) is 3.30.